The van der Waals surface area contributed by atoms with E-state index in [0.29, 0.717) is 54.5 Å². The lowest BCUT2D eigenvalue weighted by atomic mass is 10.0. The van der Waals surface area contributed by atoms with Gasteiger partial charge in [-0.15, -0.1) is 0 Å². The molecule has 7 heteroatoms. The Labute approximate surface area is 172 Å². The van der Waals surface area contributed by atoms with Crippen molar-refractivity contribution in [1.82, 2.24) is 9.80 Å². The van der Waals surface area contributed by atoms with Gasteiger partial charge < -0.3 is 19.1 Å². The quantitative estimate of drug-likeness (QED) is 0.467. The Morgan fingerprint density at radius 2 is 1.69 bits per heavy atom. The summed E-state index contributed by atoms with van der Waals surface area (Å²) in [5, 5.41) is 0. The van der Waals surface area contributed by atoms with Gasteiger partial charge in [-0.1, -0.05) is 6.07 Å². The van der Waals surface area contributed by atoms with E-state index in [4.69, 9.17) is 14.2 Å². The second-order valence-electron chi connectivity index (χ2n) is 7.15. The lowest BCUT2D eigenvalue weighted by molar-refractivity contribution is -0.137. The number of nitrogens with zero attached hydrogens (tertiary/aromatic N) is 2. The molecule has 0 spiro atoms. The maximum atomic E-state index is 13.3. The van der Waals surface area contributed by atoms with Crippen molar-refractivity contribution in [3.05, 3.63) is 29.5 Å². The zero-order valence-electron chi connectivity index (χ0n) is 17.5. The average Bonchev–Trinajstić information content (AvgIpc) is 3.01. The summed E-state index contributed by atoms with van der Waals surface area (Å²) in [6.07, 6.45) is 3.82. The zero-order chi connectivity index (χ0) is 20.8. The number of carbonyl (C=O) groups excluding carboxylic acids is 2. The van der Waals surface area contributed by atoms with Gasteiger partial charge >= 0.3 is 0 Å². The number of benzene rings is 1. The molecule has 29 heavy (non-hydrogen) atoms. The van der Waals surface area contributed by atoms with Crippen LogP contribution < -0.4 is 9.47 Å². The molecule has 0 radical (unpaired) electrons. The van der Waals surface area contributed by atoms with E-state index in [0.717, 1.165) is 32.4 Å². The lowest BCUT2D eigenvalue weighted by Crippen LogP contribution is -2.37. The van der Waals surface area contributed by atoms with E-state index in [-0.39, 0.29) is 11.8 Å². The van der Waals surface area contributed by atoms with Crippen LogP contribution in [-0.4, -0.2) is 68.7 Å². The predicted octanol–water partition coefficient (Wildman–Crippen LogP) is 2.70. The minimum atomic E-state index is -0.251. The van der Waals surface area contributed by atoms with Crippen molar-refractivity contribution in [2.45, 2.75) is 32.6 Å². The van der Waals surface area contributed by atoms with Crippen molar-refractivity contribution in [1.29, 1.82) is 0 Å². The number of imide groups is 1. The second kappa shape index (κ2) is 9.78. The molecular formula is C22H30N2O5. The molecule has 1 saturated heterocycles. The minimum Gasteiger partial charge on any atom is -0.493 e. The van der Waals surface area contributed by atoms with Crippen molar-refractivity contribution in [2.75, 3.05) is 47.1 Å². The third-order valence-corrected chi connectivity index (χ3v) is 5.36. The third-order valence-electron chi connectivity index (χ3n) is 5.36. The molecule has 2 amide bonds. The van der Waals surface area contributed by atoms with E-state index in [1.54, 1.807) is 26.4 Å². The van der Waals surface area contributed by atoms with Crippen molar-refractivity contribution < 1.29 is 23.8 Å². The normalized spacial score (nSPS) is 17.3. The van der Waals surface area contributed by atoms with Crippen LogP contribution in [0.4, 0.5) is 0 Å². The van der Waals surface area contributed by atoms with Gasteiger partial charge in [0.05, 0.1) is 19.8 Å². The Morgan fingerprint density at radius 3 is 2.34 bits per heavy atom. The summed E-state index contributed by atoms with van der Waals surface area (Å²) in [5.41, 5.74) is 1.64. The minimum absolute atomic E-state index is 0.210. The van der Waals surface area contributed by atoms with Gasteiger partial charge in [0.15, 0.2) is 11.5 Å². The first-order valence-corrected chi connectivity index (χ1v) is 10.3. The molecule has 7 nitrogen and oxygen atoms in total. The van der Waals surface area contributed by atoms with E-state index >= 15 is 0 Å². The SMILES string of the molecule is CCOCCCN1C(=O)C(c2ccc(OC)c(OC)c2)=C(N2CCCCC2)C1=O. The Kier molecular flexibility index (Phi) is 7.14. The predicted molar refractivity (Wildman–Crippen MR) is 110 cm³/mol. The molecule has 158 valence electrons. The maximum Gasteiger partial charge on any atom is 0.277 e. The highest BCUT2D eigenvalue weighted by atomic mass is 16.5. The number of methoxy groups -OCH3 is 2. The Bertz CT molecular complexity index is 783. The summed E-state index contributed by atoms with van der Waals surface area (Å²) in [6, 6.07) is 5.35. The van der Waals surface area contributed by atoms with Crippen molar-refractivity contribution >= 4 is 17.4 Å². The first kappa shape index (κ1) is 21.2. The fourth-order valence-electron chi connectivity index (χ4n) is 3.90. The molecule has 0 aromatic heterocycles. The molecule has 0 aliphatic carbocycles. The summed E-state index contributed by atoms with van der Waals surface area (Å²) in [7, 11) is 3.13. The van der Waals surface area contributed by atoms with Crippen LogP contribution in [0.1, 0.15) is 38.2 Å². The molecule has 2 aliphatic heterocycles. The van der Waals surface area contributed by atoms with Gasteiger partial charge in [-0.05, 0) is 50.3 Å². The van der Waals surface area contributed by atoms with Gasteiger partial charge in [0.1, 0.15) is 5.70 Å². The van der Waals surface area contributed by atoms with Crippen LogP contribution in [0.3, 0.4) is 0 Å². The second-order valence-corrected chi connectivity index (χ2v) is 7.15. The standard InChI is InChI=1S/C22H30N2O5/c1-4-29-14-8-13-24-21(25)19(16-9-10-17(27-2)18(15-16)28-3)20(22(24)26)23-11-6-5-7-12-23/h9-10,15H,4-8,11-14H2,1-3H3. The van der Waals surface area contributed by atoms with Crippen LogP contribution in [0.2, 0.25) is 0 Å². The summed E-state index contributed by atoms with van der Waals surface area (Å²) in [6.45, 7) is 5.01. The largest absolute Gasteiger partial charge is 0.493 e. The summed E-state index contributed by atoms with van der Waals surface area (Å²) < 4.78 is 16.1. The van der Waals surface area contributed by atoms with E-state index in [1.807, 2.05) is 13.0 Å². The molecule has 3 rings (SSSR count). The Morgan fingerprint density at radius 1 is 0.966 bits per heavy atom. The lowest BCUT2D eigenvalue weighted by Gasteiger charge is -2.29. The zero-order valence-corrected chi connectivity index (χ0v) is 17.5. The molecule has 1 aromatic rings. The number of hydrogen-bond donors (Lipinski definition) is 0. The van der Waals surface area contributed by atoms with E-state index in [2.05, 4.69) is 4.90 Å². The van der Waals surface area contributed by atoms with Gasteiger partial charge in [-0.2, -0.15) is 0 Å². The molecule has 0 unspecified atom stereocenters. The number of piperidine rings is 1. The van der Waals surface area contributed by atoms with Crippen LogP contribution in [0.15, 0.2) is 23.9 Å². The highest BCUT2D eigenvalue weighted by molar-refractivity contribution is 6.35. The molecule has 2 heterocycles. The number of likely N-dealkylation sites (tertiary alicyclic amines) is 1. The first-order chi connectivity index (χ1) is 14.1. The number of hydrogen-bond acceptors (Lipinski definition) is 6. The van der Waals surface area contributed by atoms with Crippen LogP contribution in [0.5, 0.6) is 11.5 Å². The molecule has 0 atom stereocenters. The highest BCUT2D eigenvalue weighted by Crippen LogP contribution is 2.37. The molecule has 0 bridgehead atoms. The van der Waals surface area contributed by atoms with Gasteiger partial charge in [-0.3, -0.25) is 14.5 Å². The molecule has 1 fully saturated rings. The highest BCUT2D eigenvalue weighted by Gasteiger charge is 2.41. The maximum absolute atomic E-state index is 13.3. The van der Waals surface area contributed by atoms with Gasteiger partial charge in [0.2, 0.25) is 0 Å². The molecule has 1 aromatic carbocycles. The van der Waals surface area contributed by atoms with Crippen LogP contribution in [0.25, 0.3) is 5.57 Å². The number of ether oxygens (including phenoxy) is 3. The average molecular weight is 402 g/mol. The fourth-order valence-corrected chi connectivity index (χ4v) is 3.90. The van der Waals surface area contributed by atoms with Crippen LogP contribution in [-0.2, 0) is 14.3 Å². The molecule has 0 saturated carbocycles. The van der Waals surface area contributed by atoms with E-state index in [9.17, 15) is 9.59 Å². The summed E-state index contributed by atoms with van der Waals surface area (Å²) >= 11 is 0. The van der Waals surface area contributed by atoms with Crippen molar-refractivity contribution in [2.24, 2.45) is 0 Å². The first-order valence-electron chi connectivity index (χ1n) is 10.3. The summed E-state index contributed by atoms with van der Waals surface area (Å²) in [5.74, 6) is 0.657. The van der Waals surface area contributed by atoms with Crippen molar-refractivity contribution in [3.63, 3.8) is 0 Å². The molecule has 2 aliphatic rings. The topological polar surface area (TPSA) is 68.3 Å². The van der Waals surface area contributed by atoms with Gasteiger partial charge in [0.25, 0.3) is 11.8 Å². The van der Waals surface area contributed by atoms with Crippen molar-refractivity contribution in [3.8, 4) is 11.5 Å². The smallest absolute Gasteiger partial charge is 0.277 e. The Hall–Kier alpha value is -2.54. The number of carbonyl (C=O) groups is 2. The van der Waals surface area contributed by atoms with Crippen LogP contribution in [0, 0.1) is 0 Å². The molecule has 0 N–H and O–H groups in total. The fraction of sp³-hybridized carbons (Fsp3) is 0.545. The van der Waals surface area contributed by atoms with E-state index < -0.39 is 0 Å². The van der Waals surface area contributed by atoms with Gasteiger partial charge in [-0.25, -0.2) is 0 Å². The number of rotatable bonds is 9. The summed E-state index contributed by atoms with van der Waals surface area (Å²) in [4.78, 5) is 30.0. The van der Waals surface area contributed by atoms with Crippen LogP contribution >= 0.6 is 0 Å². The molecular weight excluding hydrogens is 372 g/mol. The van der Waals surface area contributed by atoms with E-state index in [1.165, 1.54) is 4.90 Å². The number of amides is 2. The third kappa shape index (κ3) is 4.40. The monoisotopic (exact) mass is 402 g/mol. The van der Waals surface area contributed by atoms with Gasteiger partial charge in [0, 0.05) is 32.8 Å². The Balaban J connectivity index is 1.97.